The van der Waals surface area contributed by atoms with Gasteiger partial charge in [0.1, 0.15) is 11.9 Å². The lowest BCUT2D eigenvalue weighted by molar-refractivity contribution is 0.219. The summed E-state index contributed by atoms with van der Waals surface area (Å²) in [5, 5.41) is 14.5. The van der Waals surface area contributed by atoms with Crippen LogP contribution >= 0.6 is 15.9 Å². The van der Waals surface area contributed by atoms with Crippen molar-refractivity contribution in [2.45, 2.75) is 19.6 Å². The highest BCUT2D eigenvalue weighted by molar-refractivity contribution is 9.10. The summed E-state index contributed by atoms with van der Waals surface area (Å²) in [5.41, 5.74) is 1.54. The normalized spacial score (nSPS) is 12.4. The standard InChI is InChI=1S/C13H15BrN2O2/c1-3-16-8-9(7-15-16)13(17)11-6-10(18-2)4-5-12(11)14/h4-8,13,17H,3H2,1-2H3. The van der Waals surface area contributed by atoms with Gasteiger partial charge in [-0.25, -0.2) is 0 Å². The number of benzene rings is 1. The van der Waals surface area contributed by atoms with E-state index in [2.05, 4.69) is 21.0 Å². The first-order chi connectivity index (χ1) is 8.65. The molecule has 0 radical (unpaired) electrons. The van der Waals surface area contributed by atoms with Crippen molar-refractivity contribution in [2.24, 2.45) is 0 Å². The molecule has 1 heterocycles. The number of hydrogen-bond donors (Lipinski definition) is 1. The van der Waals surface area contributed by atoms with Crippen LogP contribution in [-0.2, 0) is 6.54 Å². The molecule has 0 saturated carbocycles. The van der Waals surface area contributed by atoms with Crippen molar-refractivity contribution in [1.29, 1.82) is 0 Å². The van der Waals surface area contributed by atoms with Crippen LogP contribution in [0.15, 0.2) is 35.1 Å². The maximum Gasteiger partial charge on any atom is 0.119 e. The van der Waals surface area contributed by atoms with Crippen LogP contribution in [-0.4, -0.2) is 22.0 Å². The molecule has 0 aliphatic carbocycles. The van der Waals surface area contributed by atoms with E-state index >= 15 is 0 Å². The third kappa shape index (κ3) is 2.57. The molecule has 96 valence electrons. The van der Waals surface area contributed by atoms with Gasteiger partial charge in [-0.05, 0) is 25.1 Å². The molecule has 1 aromatic heterocycles. The molecule has 5 heteroatoms. The Labute approximate surface area is 114 Å². The molecule has 1 aromatic carbocycles. The van der Waals surface area contributed by atoms with Crippen molar-refractivity contribution in [2.75, 3.05) is 7.11 Å². The van der Waals surface area contributed by atoms with Crippen LogP contribution in [0.2, 0.25) is 0 Å². The molecule has 1 N–H and O–H groups in total. The van der Waals surface area contributed by atoms with E-state index in [9.17, 15) is 5.11 Å². The maximum absolute atomic E-state index is 10.4. The number of aromatic nitrogens is 2. The van der Waals surface area contributed by atoms with Gasteiger partial charge < -0.3 is 9.84 Å². The van der Waals surface area contributed by atoms with Crippen molar-refractivity contribution < 1.29 is 9.84 Å². The molecule has 0 fully saturated rings. The first kappa shape index (κ1) is 13.1. The number of aryl methyl sites for hydroxylation is 1. The summed E-state index contributed by atoms with van der Waals surface area (Å²) >= 11 is 3.44. The van der Waals surface area contributed by atoms with Crippen LogP contribution < -0.4 is 4.74 Å². The van der Waals surface area contributed by atoms with Crippen molar-refractivity contribution in [3.05, 3.63) is 46.2 Å². The Morgan fingerprint density at radius 3 is 2.89 bits per heavy atom. The molecule has 1 atom stereocenters. The lowest BCUT2D eigenvalue weighted by Crippen LogP contribution is -2.00. The van der Waals surface area contributed by atoms with E-state index < -0.39 is 6.10 Å². The van der Waals surface area contributed by atoms with Crippen molar-refractivity contribution in [1.82, 2.24) is 9.78 Å². The fourth-order valence-corrected chi connectivity index (χ4v) is 2.20. The zero-order valence-electron chi connectivity index (χ0n) is 10.3. The molecular formula is C13H15BrN2O2. The van der Waals surface area contributed by atoms with Gasteiger partial charge in [0, 0.05) is 28.3 Å². The van der Waals surface area contributed by atoms with Gasteiger partial charge in [0.15, 0.2) is 0 Å². The number of rotatable bonds is 4. The lowest BCUT2D eigenvalue weighted by atomic mass is 10.0. The first-order valence-corrected chi connectivity index (χ1v) is 6.49. The van der Waals surface area contributed by atoms with Crippen LogP contribution in [0.5, 0.6) is 5.75 Å². The Morgan fingerprint density at radius 1 is 1.50 bits per heavy atom. The smallest absolute Gasteiger partial charge is 0.119 e. The number of halogens is 1. The number of ether oxygens (including phenoxy) is 1. The van der Waals surface area contributed by atoms with Gasteiger partial charge in [-0.2, -0.15) is 5.10 Å². The second kappa shape index (κ2) is 5.54. The van der Waals surface area contributed by atoms with Gasteiger partial charge in [0.05, 0.1) is 13.3 Å². The van der Waals surface area contributed by atoms with E-state index in [4.69, 9.17) is 4.74 Å². The van der Waals surface area contributed by atoms with Gasteiger partial charge in [-0.1, -0.05) is 15.9 Å². The van der Waals surface area contributed by atoms with Crippen molar-refractivity contribution >= 4 is 15.9 Å². The highest BCUT2D eigenvalue weighted by atomic mass is 79.9. The number of aliphatic hydroxyl groups excluding tert-OH is 1. The van der Waals surface area contributed by atoms with Crippen LogP contribution in [0.4, 0.5) is 0 Å². The van der Waals surface area contributed by atoms with Crippen LogP contribution in [0.25, 0.3) is 0 Å². The fraction of sp³-hybridized carbons (Fsp3) is 0.308. The largest absolute Gasteiger partial charge is 0.497 e. The summed E-state index contributed by atoms with van der Waals surface area (Å²) in [5.74, 6) is 0.718. The summed E-state index contributed by atoms with van der Waals surface area (Å²) < 4.78 is 7.80. The topological polar surface area (TPSA) is 47.3 Å². The molecule has 4 nitrogen and oxygen atoms in total. The maximum atomic E-state index is 10.4. The molecule has 18 heavy (non-hydrogen) atoms. The van der Waals surface area contributed by atoms with E-state index in [1.54, 1.807) is 18.0 Å². The minimum Gasteiger partial charge on any atom is -0.497 e. The average molecular weight is 311 g/mol. The molecule has 0 amide bonds. The van der Waals surface area contributed by atoms with Crippen LogP contribution in [0.3, 0.4) is 0 Å². The Kier molecular flexibility index (Phi) is 4.04. The number of methoxy groups -OCH3 is 1. The SMILES string of the molecule is CCn1cc(C(O)c2cc(OC)ccc2Br)cn1. The molecule has 0 spiro atoms. The molecule has 0 aliphatic heterocycles. The third-order valence-electron chi connectivity index (χ3n) is 2.79. The zero-order chi connectivity index (χ0) is 13.1. The molecule has 2 aromatic rings. The predicted molar refractivity (Wildman–Crippen MR) is 72.7 cm³/mol. The summed E-state index contributed by atoms with van der Waals surface area (Å²) in [6.45, 7) is 2.79. The van der Waals surface area contributed by atoms with Gasteiger partial charge in [-0.3, -0.25) is 4.68 Å². The highest BCUT2D eigenvalue weighted by Crippen LogP contribution is 2.31. The van der Waals surface area contributed by atoms with Crippen molar-refractivity contribution in [3.63, 3.8) is 0 Å². The first-order valence-electron chi connectivity index (χ1n) is 5.69. The zero-order valence-corrected chi connectivity index (χ0v) is 11.9. The van der Waals surface area contributed by atoms with Crippen LogP contribution in [0, 0.1) is 0 Å². The molecule has 0 bridgehead atoms. The highest BCUT2D eigenvalue weighted by Gasteiger charge is 2.16. The third-order valence-corrected chi connectivity index (χ3v) is 3.51. The summed E-state index contributed by atoms with van der Waals surface area (Å²) in [7, 11) is 1.61. The predicted octanol–water partition coefficient (Wildman–Crippen LogP) is 2.76. The summed E-state index contributed by atoms with van der Waals surface area (Å²) in [4.78, 5) is 0. The number of nitrogens with zero attached hydrogens (tertiary/aromatic N) is 2. The van der Waals surface area contributed by atoms with E-state index in [-0.39, 0.29) is 0 Å². The van der Waals surface area contributed by atoms with E-state index in [0.717, 1.165) is 27.9 Å². The van der Waals surface area contributed by atoms with E-state index in [1.807, 2.05) is 31.3 Å². The Hall–Kier alpha value is -1.33. The minimum atomic E-state index is -0.713. The molecule has 0 saturated heterocycles. The van der Waals surface area contributed by atoms with Gasteiger partial charge in [0.25, 0.3) is 0 Å². The minimum absolute atomic E-state index is 0.713. The molecular weight excluding hydrogens is 296 g/mol. The molecule has 2 rings (SSSR count). The number of aliphatic hydroxyl groups is 1. The summed E-state index contributed by atoms with van der Waals surface area (Å²) in [6, 6.07) is 5.52. The number of hydrogen-bond acceptors (Lipinski definition) is 3. The molecule has 0 aliphatic rings. The second-order valence-electron chi connectivity index (χ2n) is 3.92. The Bertz CT molecular complexity index is 540. The van der Waals surface area contributed by atoms with Gasteiger partial charge in [0.2, 0.25) is 0 Å². The lowest BCUT2D eigenvalue weighted by Gasteiger charge is -2.12. The quantitative estimate of drug-likeness (QED) is 0.944. The second-order valence-corrected chi connectivity index (χ2v) is 4.77. The summed E-state index contributed by atoms with van der Waals surface area (Å²) in [6.07, 6.45) is 2.81. The monoisotopic (exact) mass is 310 g/mol. The van der Waals surface area contributed by atoms with Crippen molar-refractivity contribution in [3.8, 4) is 5.75 Å². The van der Waals surface area contributed by atoms with Gasteiger partial charge in [-0.15, -0.1) is 0 Å². The van der Waals surface area contributed by atoms with E-state index in [0.29, 0.717) is 0 Å². The van der Waals surface area contributed by atoms with Crippen LogP contribution in [0.1, 0.15) is 24.2 Å². The Morgan fingerprint density at radius 2 is 2.28 bits per heavy atom. The van der Waals surface area contributed by atoms with Gasteiger partial charge >= 0.3 is 0 Å². The Balaban J connectivity index is 2.35. The van der Waals surface area contributed by atoms with E-state index in [1.165, 1.54) is 0 Å². The average Bonchev–Trinajstić information content (AvgIpc) is 2.87. The molecule has 1 unspecified atom stereocenters. The fourth-order valence-electron chi connectivity index (χ4n) is 1.73.